The lowest BCUT2D eigenvalue weighted by atomic mass is 10.0. The van der Waals surface area contributed by atoms with Crippen LogP contribution in [0.15, 0.2) is 77.2 Å². The first-order valence-corrected chi connectivity index (χ1v) is 9.88. The number of amides is 1. The van der Waals surface area contributed by atoms with Crippen molar-refractivity contribution in [1.29, 1.82) is 0 Å². The number of benzene rings is 3. The van der Waals surface area contributed by atoms with E-state index in [2.05, 4.69) is 0 Å². The standard InChI is InChI=1S/C25H21NO4/c1-17-9-11-20(30-17)15-26(14-18-10-12-23-24(13-18)29-16-28-23)25(27)22-8-4-6-19-5-2-3-7-21(19)22/h2-13H,14-16H2,1H3. The van der Waals surface area contributed by atoms with E-state index in [1.54, 1.807) is 4.90 Å². The van der Waals surface area contributed by atoms with E-state index >= 15 is 0 Å². The maximum Gasteiger partial charge on any atom is 0.255 e. The first-order valence-electron chi connectivity index (χ1n) is 9.88. The van der Waals surface area contributed by atoms with Crippen LogP contribution in [0.3, 0.4) is 0 Å². The van der Waals surface area contributed by atoms with Crippen LogP contribution in [0.1, 0.15) is 27.4 Å². The van der Waals surface area contributed by atoms with Gasteiger partial charge in [-0.1, -0.05) is 42.5 Å². The predicted octanol–water partition coefficient (Wildman–Crippen LogP) is 5.31. The molecule has 1 aromatic heterocycles. The Balaban J connectivity index is 1.50. The second kappa shape index (κ2) is 7.59. The average molecular weight is 399 g/mol. The molecule has 0 fully saturated rings. The van der Waals surface area contributed by atoms with Crippen molar-refractivity contribution in [3.63, 3.8) is 0 Å². The molecule has 5 nitrogen and oxygen atoms in total. The Morgan fingerprint density at radius 2 is 1.73 bits per heavy atom. The van der Waals surface area contributed by atoms with Gasteiger partial charge in [0.2, 0.25) is 6.79 Å². The second-order valence-electron chi connectivity index (χ2n) is 7.39. The second-order valence-corrected chi connectivity index (χ2v) is 7.39. The Labute approximate surface area is 174 Å². The predicted molar refractivity (Wildman–Crippen MR) is 114 cm³/mol. The van der Waals surface area contributed by atoms with Crippen molar-refractivity contribution in [3.05, 3.63) is 95.4 Å². The SMILES string of the molecule is Cc1ccc(CN(Cc2ccc3c(c2)OCO3)C(=O)c2cccc3ccccc23)o1. The Hall–Kier alpha value is -3.73. The van der Waals surface area contributed by atoms with E-state index in [0.29, 0.717) is 24.4 Å². The van der Waals surface area contributed by atoms with Crippen LogP contribution in [0.5, 0.6) is 11.5 Å². The minimum atomic E-state index is -0.0430. The largest absolute Gasteiger partial charge is 0.464 e. The van der Waals surface area contributed by atoms with E-state index in [0.717, 1.165) is 33.6 Å². The number of furan rings is 1. The molecule has 0 saturated heterocycles. The van der Waals surface area contributed by atoms with Crippen molar-refractivity contribution in [3.8, 4) is 11.5 Å². The molecule has 0 atom stereocenters. The smallest absolute Gasteiger partial charge is 0.255 e. The van der Waals surface area contributed by atoms with Gasteiger partial charge in [0.15, 0.2) is 11.5 Å². The third kappa shape index (κ3) is 3.50. The summed E-state index contributed by atoms with van der Waals surface area (Å²) in [6.07, 6.45) is 0. The van der Waals surface area contributed by atoms with Gasteiger partial charge in [-0.3, -0.25) is 4.79 Å². The fourth-order valence-corrected chi connectivity index (χ4v) is 3.80. The summed E-state index contributed by atoms with van der Waals surface area (Å²) in [5.41, 5.74) is 1.65. The number of ether oxygens (including phenoxy) is 2. The molecular weight excluding hydrogens is 378 g/mol. The Kier molecular flexibility index (Phi) is 4.64. The molecule has 30 heavy (non-hydrogen) atoms. The van der Waals surface area contributed by atoms with Crippen LogP contribution in [0.25, 0.3) is 10.8 Å². The van der Waals surface area contributed by atoms with Crippen molar-refractivity contribution in [2.75, 3.05) is 6.79 Å². The van der Waals surface area contributed by atoms with Gasteiger partial charge in [-0.25, -0.2) is 0 Å². The molecule has 5 rings (SSSR count). The molecule has 1 aliphatic rings. The summed E-state index contributed by atoms with van der Waals surface area (Å²) in [7, 11) is 0. The normalized spacial score (nSPS) is 12.3. The number of rotatable bonds is 5. The highest BCUT2D eigenvalue weighted by molar-refractivity contribution is 6.07. The number of carbonyl (C=O) groups excluding carboxylic acids is 1. The fourth-order valence-electron chi connectivity index (χ4n) is 3.80. The van der Waals surface area contributed by atoms with E-state index in [4.69, 9.17) is 13.9 Å². The molecule has 150 valence electrons. The number of carbonyl (C=O) groups is 1. The summed E-state index contributed by atoms with van der Waals surface area (Å²) in [4.78, 5) is 15.4. The molecule has 0 saturated carbocycles. The summed E-state index contributed by atoms with van der Waals surface area (Å²) in [5.74, 6) is 2.97. The highest BCUT2D eigenvalue weighted by Gasteiger charge is 2.21. The minimum absolute atomic E-state index is 0.0430. The maximum absolute atomic E-state index is 13.6. The summed E-state index contributed by atoms with van der Waals surface area (Å²) in [6.45, 7) is 2.93. The zero-order valence-electron chi connectivity index (χ0n) is 16.6. The Morgan fingerprint density at radius 3 is 2.60 bits per heavy atom. The van der Waals surface area contributed by atoms with Gasteiger partial charge in [-0.05, 0) is 53.6 Å². The van der Waals surface area contributed by atoms with Gasteiger partial charge in [-0.2, -0.15) is 0 Å². The summed E-state index contributed by atoms with van der Waals surface area (Å²) in [5, 5.41) is 1.98. The van der Waals surface area contributed by atoms with Crippen LogP contribution in [-0.4, -0.2) is 17.6 Å². The van der Waals surface area contributed by atoms with Crippen molar-refractivity contribution >= 4 is 16.7 Å². The molecule has 0 aliphatic carbocycles. The number of nitrogens with zero attached hydrogens (tertiary/aromatic N) is 1. The number of fused-ring (bicyclic) bond motifs is 2. The van der Waals surface area contributed by atoms with Crippen molar-refractivity contribution in [2.24, 2.45) is 0 Å². The summed E-state index contributed by atoms with van der Waals surface area (Å²) in [6, 6.07) is 23.4. The molecule has 2 heterocycles. The number of hydrogen-bond donors (Lipinski definition) is 0. The molecule has 1 amide bonds. The lowest BCUT2D eigenvalue weighted by Gasteiger charge is -2.23. The number of aryl methyl sites for hydroxylation is 1. The lowest BCUT2D eigenvalue weighted by Crippen LogP contribution is -2.30. The Bertz CT molecular complexity index is 1220. The van der Waals surface area contributed by atoms with Gasteiger partial charge >= 0.3 is 0 Å². The van der Waals surface area contributed by atoms with E-state index in [9.17, 15) is 4.79 Å². The molecule has 1 aliphatic heterocycles. The van der Waals surface area contributed by atoms with Crippen LogP contribution in [-0.2, 0) is 13.1 Å². The molecule has 0 bridgehead atoms. The van der Waals surface area contributed by atoms with E-state index in [1.165, 1.54) is 0 Å². The van der Waals surface area contributed by atoms with Crippen LogP contribution in [0, 0.1) is 6.92 Å². The Morgan fingerprint density at radius 1 is 0.900 bits per heavy atom. The van der Waals surface area contributed by atoms with E-state index in [-0.39, 0.29) is 12.7 Å². The lowest BCUT2D eigenvalue weighted by molar-refractivity contribution is 0.0719. The van der Waals surface area contributed by atoms with Crippen molar-refractivity contribution in [2.45, 2.75) is 20.0 Å². The van der Waals surface area contributed by atoms with Crippen LogP contribution >= 0.6 is 0 Å². The zero-order chi connectivity index (χ0) is 20.5. The monoisotopic (exact) mass is 399 g/mol. The van der Waals surface area contributed by atoms with Gasteiger partial charge < -0.3 is 18.8 Å². The highest BCUT2D eigenvalue weighted by Crippen LogP contribution is 2.33. The zero-order valence-corrected chi connectivity index (χ0v) is 16.6. The highest BCUT2D eigenvalue weighted by atomic mass is 16.7. The topological polar surface area (TPSA) is 51.9 Å². The molecule has 0 N–H and O–H groups in total. The van der Waals surface area contributed by atoms with Gasteiger partial charge in [-0.15, -0.1) is 0 Å². The molecule has 5 heteroatoms. The quantitative estimate of drug-likeness (QED) is 0.456. The van der Waals surface area contributed by atoms with Gasteiger partial charge in [0.1, 0.15) is 11.5 Å². The fraction of sp³-hybridized carbons (Fsp3) is 0.160. The molecule has 0 unspecified atom stereocenters. The first kappa shape index (κ1) is 18.3. The first-order chi connectivity index (χ1) is 14.7. The average Bonchev–Trinajstić information content (AvgIpc) is 3.40. The van der Waals surface area contributed by atoms with Gasteiger partial charge in [0.05, 0.1) is 6.54 Å². The molecule has 0 spiro atoms. The van der Waals surface area contributed by atoms with E-state index < -0.39 is 0 Å². The maximum atomic E-state index is 13.6. The minimum Gasteiger partial charge on any atom is -0.464 e. The summed E-state index contributed by atoms with van der Waals surface area (Å²) >= 11 is 0. The van der Waals surface area contributed by atoms with Crippen molar-refractivity contribution in [1.82, 2.24) is 4.90 Å². The molecule has 0 radical (unpaired) electrons. The number of hydrogen-bond acceptors (Lipinski definition) is 4. The van der Waals surface area contributed by atoms with Gasteiger partial charge in [0, 0.05) is 12.1 Å². The van der Waals surface area contributed by atoms with Crippen LogP contribution in [0.4, 0.5) is 0 Å². The van der Waals surface area contributed by atoms with Crippen LogP contribution in [0.2, 0.25) is 0 Å². The molecular formula is C25H21NO4. The third-order valence-corrected chi connectivity index (χ3v) is 5.26. The van der Waals surface area contributed by atoms with Crippen molar-refractivity contribution < 1.29 is 18.7 Å². The third-order valence-electron chi connectivity index (χ3n) is 5.26. The molecule has 3 aromatic carbocycles. The van der Waals surface area contributed by atoms with E-state index in [1.807, 2.05) is 79.7 Å². The van der Waals surface area contributed by atoms with Crippen LogP contribution < -0.4 is 9.47 Å². The molecule has 4 aromatic rings. The van der Waals surface area contributed by atoms with Gasteiger partial charge in [0.25, 0.3) is 5.91 Å². The summed E-state index contributed by atoms with van der Waals surface area (Å²) < 4.78 is 16.7.